The molecule has 0 unspecified atom stereocenters. The average molecular weight is 339 g/mol. The molecule has 0 N–H and O–H groups in total. The molecule has 0 aliphatic heterocycles. The highest BCUT2D eigenvalue weighted by atomic mass is 32.2. The first-order valence-corrected chi connectivity index (χ1v) is 8.87. The fraction of sp³-hybridized carbons (Fsp3) is 0.0526. The van der Waals surface area contributed by atoms with Gasteiger partial charge in [0.25, 0.3) is 10.0 Å². The lowest BCUT2D eigenvalue weighted by Crippen LogP contribution is -2.29. The molecule has 0 aromatic heterocycles. The van der Waals surface area contributed by atoms with Crippen LogP contribution in [0.2, 0.25) is 0 Å². The van der Waals surface area contributed by atoms with Crippen molar-refractivity contribution in [1.82, 2.24) is 0 Å². The van der Waals surface area contributed by atoms with Crippen molar-refractivity contribution in [3.63, 3.8) is 0 Å². The van der Waals surface area contributed by atoms with Gasteiger partial charge in [0.2, 0.25) is 0 Å². The lowest BCUT2D eigenvalue weighted by molar-refractivity contribution is 0.216. The van der Waals surface area contributed by atoms with Gasteiger partial charge < -0.3 is 0 Å². The zero-order valence-corrected chi connectivity index (χ0v) is 14.0. The van der Waals surface area contributed by atoms with E-state index in [0.717, 1.165) is 15.6 Å². The summed E-state index contributed by atoms with van der Waals surface area (Å²) in [4.78, 5) is 5.29. The van der Waals surface area contributed by atoms with Crippen LogP contribution in [0.1, 0.15) is 0 Å². The van der Waals surface area contributed by atoms with Crippen LogP contribution in [0, 0.1) is 0 Å². The fourth-order valence-electron chi connectivity index (χ4n) is 2.44. The van der Waals surface area contributed by atoms with Gasteiger partial charge in [-0.2, -0.15) is 8.42 Å². The van der Waals surface area contributed by atoms with Crippen LogP contribution in [-0.4, -0.2) is 15.5 Å². The first-order chi connectivity index (χ1) is 11.6. The van der Waals surface area contributed by atoms with Crippen LogP contribution >= 0.6 is 0 Å². The predicted octanol–water partition coefficient (Wildman–Crippen LogP) is 4.11. The van der Waals surface area contributed by atoms with Gasteiger partial charge in [-0.15, -0.1) is 4.47 Å². The smallest absolute Gasteiger partial charge is 0.262 e. The zero-order chi connectivity index (χ0) is 17.0. The second kappa shape index (κ2) is 6.86. The van der Waals surface area contributed by atoms with Gasteiger partial charge in [0, 0.05) is 0 Å². The maximum absolute atomic E-state index is 12.8. The molecular weight excluding hydrogens is 322 g/mol. The summed E-state index contributed by atoms with van der Waals surface area (Å²) >= 11 is 0. The molecule has 0 heterocycles. The number of anilines is 1. The van der Waals surface area contributed by atoms with Crippen molar-refractivity contribution in [3.8, 4) is 11.1 Å². The van der Waals surface area contributed by atoms with E-state index < -0.39 is 10.0 Å². The second-order valence-electron chi connectivity index (χ2n) is 5.14. The Morgan fingerprint density at radius 1 is 0.708 bits per heavy atom. The molecule has 0 spiro atoms. The molecule has 3 aromatic rings. The number of hydrogen-bond donors (Lipinski definition) is 0. The average Bonchev–Trinajstić information content (AvgIpc) is 2.64. The lowest BCUT2D eigenvalue weighted by atomic mass is 10.1. The van der Waals surface area contributed by atoms with Crippen molar-refractivity contribution in [1.29, 1.82) is 0 Å². The fourth-order valence-corrected chi connectivity index (χ4v) is 3.70. The molecule has 0 aliphatic carbocycles. The van der Waals surface area contributed by atoms with E-state index >= 15 is 0 Å². The van der Waals surface area contributed by atoms with Gasteiger partial charge in [0.1, 0.15) is 0 Å². The molecule has 5 heteroatoms. The molecule has 4 nitrogen and oxygen atoms in total. The van der Waals surface area contributed by atoms with Crippen LogP contribution in [0.5, 0.6) is 0 Å². The minimum Gasteiger partial charge on any atom is -0.262 e. The topological polar surface area (TPSA) is 46.6 Å². The Morgan fingerprint density at radius 2 is 1.21 bits per heavy atom. The Balaban J connectivity index is 1.95. The van der Waals surface area contributed by atoms with Gasteiger partial charge in [-0.1, -0.05) is 60.7 Å². The third kappa shape index (κ3) is 3.18. The molecule has 0 radical (unpaired) electrons. The van der Waals surface area contributed by atoms with Crippen LogP contribution < -0.4 is 4.47 Å². The summed E-state index contributed by atoms with van der Waals surface area (Å²) in [7, 11) is -2.46. The molecule has 0 saturated heterocycles. The Kier molecular flexibility index (Phi) is 4.64. The van der Waals surface area contributed by atoms with Gasteiger partial charge in [0.15, 0.2) is 0 Å². The van der Waals surface area contributed by atoms with Crippen molar-refractivity contribution in [2.75, 3.05) is 11.6 Å². The summed E-state index contributed by atoms with van der Waals surface area (Å²) in [6.07, 6.45) is 0. The van der Waals surface area contributed by atoms with E-state index in [1.807, 2.05) is 36.4 Å². The summed E-state index contributed by atoms with van der Waals surface area (Å²) in [6, 6.07) is 25.3. The lowest BCUT2D eigenvalue weighted by Gasteiger charge is -2.21. The van der Waals surface area contributed by atoms with E-state index in [1.165, 1.54) is 7.11 Å². The monoisotopic (exact) mass is 339 g/mol. The van der Waals surface area contributed by atoms with Crippen LogP contribution in [0.3, 0.4) is 0 Å². The summed E-state index contributed by atoms with van der Waals surface area (Å²) in [5.74, 6) is 0. The Labute approximate surface area is 141 Å². The van der Waals surface area contributed by atoms with E-state index in [2.05, 4.69) is 0 Å². The van der Waals surface area contributed by atoms with Crippen LogP contribution in [0.4, 0.5) is 5.69 Å². The summed E-state index contributed by atoms with van der Waals surface area (Å²) in [5.41, 5.74) is 2.44. The molecular formula is C19H17NO3S. The summed E-state index contributed by atoms with van der Waals surface area (Å²) < 4.78 is 26.5. The quantitative estimate of drug-likeness (QED) is 0.657. The number of sulfonamides is 1. The first-order valence-electron chi connectivity index (χ1n) is 7.43. The molecule has 0 amide bonds. The van der Waals surface area contributed by atoms with Crippen molar-refractivity contribution in [2.45, 2.75) is 4.90 Å². The van der Waals surface area contributed by atoms with Gasteiger partial charge in [-0.25, -0.2) is 0 Å². The minimum absolute atomic E-state index is 0.174. The molecule has 0 bridgehead atoms. The van der Waals surface area contributed by atoms with Crippen molar-refractivity contribution >= 4 is 15.7 Å². The molecule has 0 aliphatic rings. The van der Waals surface area contributed by atoms with E-state index in [-0.39, 0.29) is 4.90 Å². The maximum Gasteiger partial charge on any atom is 0.286 e. The Bertz CT molecular complexity index is 892. The highest BCUT2D eigenvalue weighted by Crippen LogP contribution is 2.26. The van der Waals surface area contributed by atoms with Crippen LogP contribution in [-0.2, 0) is 14.9 Å². The van der Waals surface area contributed by atoms with E-state index in [9.17, 15) is 8.42 Å². The SMILES string of the molecule is CON(c1ccccc1)S(=O)(=O)c1ccc(-c2ccccc2)cc1. The molecule has 0 saturated carbocycles. The van der Waals surface area contributed by atoms with E-state index in [4.69, 9.17) is 4.84 Å². The number of rotatable bonds is 5. The van der Waals surface area contributed by atoms with Crippen molar-refractivity contribution in [3.05, 3.63) is 84.9 Å². The minimum atomic E-state index is -3.79. The number of hydrogen-bond acceptors (Lipinski definition) is 3. The van der Waals surface area contributed by atoms with Gasteiger partial charge >= 0.3 is 0 Å². The molecule has 24 heavy (non-hydrogen) atoms. The number of para-hydroxylation sites is 1. The molecule has 0 fully saturated rings. The van der Waals surface area contributed by atoms with E-state index in [1.54, 1.807) is 48.5 Å². The molecule has 122 valence electrons. The summed E-state index contributed by atoms with van der Waals surface area (Å²) in [5, 5.41) is 0. The zero-order valence-electron chi connectivity index (χ0n) is 13.2. The number of nitrogens with zero attached hydrogens (tertiary/aromatic N) is 1. The third-order valence-electron chi connectivity index (χ3n) is 3.61. The maximum atomic E-state index is 12.8. The Morgan fingerprint density at radius 3 is 1.75 bits per heavy atom. The van der Waals surface area contributed by atoms with Gasteiger partial charge in [0.05, 0.1) is 17.7 Å². The van der Waals surface area contributed by atoms with Crippen LogP contribution in [0.15, 0.2) is 89.8 Å². The molecule has 0 atom stereocenters. The Hall–Kier alpha value is -2.63. The van der Waals surface area contributed by atoms with Crippen molar-refractivity contribution < 1.29 is 13.3 Å². The van der Waals surface area contributed by atoms with Crippen molar-refractivity contribution in [2.24, 2.45) is 0 Å². The molecule has 3 rings (SSSR count). The highest BCUT2D eigenvalue weighted by Gasteiger charge is 2.25. The standard InChI is InChI=1S/C19H17NO3S/c1-23-20(18-10-6-3-7-11-18)24(21,22)19-14-12-17(13-15-19)16-8-4-2-5-9-16/h2-15H,1H3. The largest absolute Gasteiger partial charge is 0.286 e. The molecule has 3 aromatic carbocycles. The predicted molar refractivity (Wildman–Crippen MR) is 95.0 cm³/mol. The normalized spacial score (nSPS) is 11.2. The second-order valence-corrected chi connectivity index (χ2v) is 6.89. The summed E-state index contributed by atoms with van der Waals surface area (Å²) in [6.45, 7) is 0. The third-order valence-corrected chi connectivity index (χ3v) is 5.27. The first kappa shape index (κ1) is 16.2. The highest BCUT2D eigenvalue weighted by molar-refractivity contribution is 7.92. The van der Waals surface area contributed by atoms with E-state index in [0.29, 0.717) is 5.69 Å². The number of benzene rings is 3. The van der Waals surface area contributed by atoms with Crippen LogP contribution in [0.25, 0.3) is 11.1 Å². The van der Waals surface area contributed by atoms with Gasteiger partial charge in [-0.05, 0) is 35.4 Å². The van der Waals surface area contributed by atoms with Gasteiger partial charge in [-0.3, -0.25) is 4.84 Å².